The van der Waals surface area contributed by atoms with Crippen molar-refractivity contribution in [2.45, 2.75) is 19.9 Å². The van der Waals surface area contributed by atoms with Crippen molar-refractivity contribution in [1.82, 2.24) is 20.2 Å². The minimum Gasteiger partial charge on any atom is -0.493 e. The fraction of sp³-hybridized carbons (Fsp3) is 0.462. The first-order valence-electron chi connectivity index (χ1n) is 6.57. The van der Waals surface area contributed by atoms with Crippen LogP contribution in [0.1, 0.15) is 13.3 Å². The highest BCUT2D eigenvalue weighted by Crippen LogP contribution is 2.31. The van der Waals surface area contributed by atoms with Crippen molar-refractivity contribution in [3.63, 3.8) is 0 Å². The fourth-order valence-electron chi connectivity index (χ4n) is 1.89. The van der Waals surface area contributed by atoms with Crippen LogP contribution in [0.5, 0.6) is 11.5 Å². The fourth-order valence-corrected chi connectivity index (χ4v) is 1.89. The zero-order chi connectivity index (χ0) is 14.4. The van der Waals surface area contributed by atoms with Crippen molar-refractivity contribution in [2.24, 2.45) is 5.73 Å². The smallest absolute Gasteiger partial charge is 0.182 e. The Morgan fingerprint density at radius 2 is 2.15 bits per heavy atom. The van der Waals surface area contributed by atoms with Gasteiger partial charge in [-0.1, -0.05) is 0 Å². The minimum atomic E-state index is 0.567. The molecule has 108 valence electrons. The summed E-state index contributed by atoms with van der Waals surface area (Å²) in [5.41, 5.74) is 6.40. The predicted octanol–water partition coefficient (Wildman–Crippen LogP) is 1.10. The number of methoxy groups -OCH3 is 1. The summed E-state index contributed by atoms with van der Waals surface area (Å²) < 4.78 is 12.6. The van der Waals surface area contributed by atoms with Crippen molar-refractivity contribution >= 4 is 0 Å². The van der Waals surface area contributed by atoms with Gasteiger partial charge in [0.05, 0.1) is 13.7 Å². The molecule has 1 aromatic heterocycles. The van der Waals surface area contributed by atoms with E-state index in [0.29, 0.717) is 37.0 Å². The first kappa shape index (κ1) is 14.3. The molecule has 7 nitrogen and oxygen atoms in total. The lowest BCUT2D eigenvalue weighted by atomic mass is 10.2. The molecule has 7 heteroatoms. The molecule has 2 rings (SSSR count). The van der Waals surface area contributed by atoms with E-state index in [4.69, 9.17) is 15.2 Å². The van der Waals surface area contributed by atoms with Gasteiger partial charge < -0.3 is 15.2 Å². The molecule has 0 fully saturated rings. The predicted molar refractivity (Wildman–Crippen MR) is 74.6 cm³/mol. The third kappa shape index (κ3) is 3.05. The van der Waals surface area contributed by atoms with Crippen molar-refractivity contribution in [1.29, 1.82) is 0 Å². The zero-order valence-corrected chi connectivity index (χ0v) is 11.7. The highest BCUT2D eigenvalue weighted by molar-refractivity contribution is 5.60. The Balaban J connectivity index is 2.32. The van der Waals surface area contributed by atoms with E-state index in [0.717, 1.165) is 12.0 Å². The number of ether oxygens (including phenoxy) is 2. The van der Waals surface area contributed by atoms with Gasteiger partial charge in [-0.3, -0.25) is 0 Å². The molecule has 20 heavy (non-hydrogen) atoms. The van der Waals surface area contributed by atoms with Crippen molar-refractivity contribution in [3.05, 3.63) is 18.2 Å². The second kappa shape index (κ2) is 6.85. The monoisotopic (exact) mass is 277 g/mol. The van der Waals surface area contributed by atoms with Gasteiger partial charge >= 0.3 is 0 Å². The number of hydrogen-bond donors (Lipinski definition) is 1. The van der Waals surface area contributed by atoms with Crippen molar-refractivity contribution in [2.75, 3.05) is 20.3 Å². The van der Waals surface area contributed by atoms with Crippen LogP contribution in [0.25, 0.3) is 11.4 Å². The van der Waals surface area contributed by atoms with E-state index in [9.17, 15) is 0 Å². The van der Waals surface area contributed by atoms with Crippen LogP contribution in [0.4, 0.5) is 0 Å². The number of benzene rings is 1. The Hall–Kier alpha value is -2.15. The normalized spacial score (nSPS) is 10.6. The summed E-state index contributed by atoms with van der Waals surface area (Å²) in [6, 6.07) is 5.64. The third-order valence-electron chi connectivity index (χ3n) is 2.83. The second-order valence-electron chi connectivity index (χ2n) is 4.17. The summed E-state index contributed by atoms with van der Waals surface area (Å²) in [5.74, 6) is 2.07. The number of aryl methyl sites for hydroxylation is 1. The molecule has 0 saturated heterocycles. The van der Waals surface area contributed by atoms with Gasteiger partial charge in [-0.2, -0.15) is 0 Å². The largest absolute Gasteiger partial charge is 0.493 e. The van der Waals surface area contributed by atoms with Crippen molar-refractivity contribution < 1.29 is 9.47 Å². The Bertz CT molecular complexity index is 555. The van der Waals surface area contributed by atoms with Crippen LogP contribution in [0, 0.1) is 0 Å². The van der Waals surface area contributed by atoms with Gasteiger partial charge in [0.1, 0.15) is 0 Å². The highest BCUT2D eigenvalue weighted by Gasteiger charge is 2.12. The minimum absolute atomic E-state index is 0.567. The molecule has 0 unspecified atom stereocenters. The van der Waals surface area contributed by atoms with E-state index in [1.165, 1.54) is 0 Å². The number of hydrogen-bond acceptors (Lipinski definition) is 6. The Kier molecular flexibility index (Phi) is 4.89. The summed E-state index contributed by atoms with van der Waals surface area (Å²) >= 11 is 0. The van der Waals surface area contributed by atoms with Gasteiger partial charge in [-0.05, 0) is 48.5 Å². The molecule has 0 saturated carbocycles. The Labute approximate surface area is 117 Å². The van der Waals surface area contributed by atoms with Crippen LogP contribution in [-0.2, 0) is 6.54 Å². The molecule has 0 atom stereocenters. The van der Waals surface area contributed by atoms with Crippen LogP contribution in [0.15, 0.2) is 18.2 Å². The maximum atomic E-state index is 5.56. The average Bonchev–Trinajstić information content (AvgIpc) is 2.93. The summed E-state index contributed by atoms with van der Waals surface area (Å²) in [4.78, 5) is 0. The first-order valence-corrected chi connectivity index (χ1v) is 6.57. The van der Waals surface area contributed by atoms with Crippen LogP contribution in [-0.4, -0.2) is 40.5 Å². The van der Waals surface area contributed by atoms with Gasteiger partial charge in [0.25, 0.3) is 0 Å². The van der Waals surface area contributed by atoms with Gasteiger partial charge in [0, 0.05) is 12.1 Å². The van der Waals surface area contributed by atoms with E-state index < -0.39 is 0 Å². The van der Waals surface area contributed by atoms with E-state index in [1.807, 2.05) is 25.1 Å². The Morgan fingerprint density at radius 3 is 2.85 bits per heavy atom. The maximum Gasteiger partial charge on any atom is 0.182 e. The quantitative estimate of drug-likeness (QED) is 0.815. The molecule has 0 radical (unpaired) electrons. The lowest BCUT2D eigenvalue weighted by Crippen LogP contribution is -2.08. The molecular weight excluding hydrogens is 258 g/mol. The number of nitrogens with zero attached hydrogens (tertiary/aromatic N) is 4. The van der Waals surface area contributed by atoms with Gasteiger partial charge in [-0.25, -0.2) is 4.68 Å². The molecule has 1 aromatic carbocycles. The summed E-state index contributed by atoms with van der Waals surface area (Å²) in [6.07, 6.45) is 0.826. The van der Waals surface area contributed by atoms with E-state index in [-0.39, 0.29) is 0 Å². The molecule has 2 N–H and O–H groups in total. The van der Waals surface area contributed by atoms with Crippen LogP contribution in [0.3, 0.4) is 0 Å². The topological polar surface area (TPSA) is 88.1 Å². The molecule has 0 aliphatic carbocycles. The standard InChI is InChI=1S/C13H19N5O2/c1-3-20-12-9-10(5-6-11(12)19-2)13-15-16-17-18(13)8-4-7-14/h5-6,9H,3-4,7-8,14H2,1-2H3. The van der Waals surface area contributed by atoms with Gasteiger partial charge in [0.2, 0.25) is 0 Å². The van der Waals surface area contributed by atoms with Gasteiger partial charge in [-0.15, -0.1) is 5.10 Å². The summed E-state index contributed by atoms with van der Waals surface area (Å²) in [5, 5.41) is 11.8. The third-order valence-corrected chi connectivity index (χ3v) is 2.83. The van der Waals surface area contributed by atoms with Crippen LogP contribution < -0.4 is 15.2 Å². The first-order chi connectivity index (χ1) is 9.80. The van der Waals surface area contributed by atoms with Crippen LogP contribution in [0.2, 0.25) is 0 Å². The number of rotatable bonds is 7. The molecule has 1 heterocycles. The van der Waals surface area contributed by atoms with Crippen molar-refractivity contribution in [3.8, 4) is 22.9 Å². The van der Waals surface area contributed by atoms with E-state index in [2.05, 4.69) is 15.5 Å². The number of aromatic nitrogens is 4. The van der Waals surface area contributed by atoms with Gasteiger partial charge in [0.15, 0.2) is 17.3 Å². The molecule has 0 spiro atoms. The lowest BCUT2D eigenvalue weighted by Gasteiger charge is -2.11. The molecule has 0 amide bonds. The van der Waals surface area contributed by atoms with E-state index in [1.54, 1.807) is 11.8 Å². The molecule has 2 aromatic rings. The molecule has 0 aliphatic heterocycles. The SMILES string of the molecule is CCOc1cc(-c2nnnn2CCCN)ccc1OC. The zero-order valence-electron chi connectivity index (χ0n) is 11.7. The molecular formula is C13H19N5O2. The lowest BCUT2D eigenvalue weighted by molar-refractivity contribution is 0.311. The average molecular weight is 277 g/mol. The second-order valence-corrected chi connectivity index (χ2v) is 4.17. The molecule has 0 bridgehead atoms. The highest BCUT2D eigenvalue weighted by atomic mass is 16.5. The van der Waals surface area contributed by atoms with Crippen LogP contribution >= 0.6 is 0 Å². The Morgan fingerprint density at radius 1 is 1.30 bits per heavy atom. The number of tetrazole rings is 1. The summed E-state index contributed by atoms with van der Waals surface area (Å²) in [6.45, 7) is 3.79. The van der Waals surface area contributed by atoms with E-state index >= 15 is 0 Å². The summed E-state index contributed by atoms with van der Waals surface area (Å²) in [7, 11) is 1.61. The number of nitrogens with two attached hydrogens (primary N) is 1. The maximum absolute atomic E-state index is 5.56. The molecule has 0 aliphatic rings.